The molecule has 2 aromatic rings. The fourth-order valence-corrected chi connectivity index (χ4v) is 2.85. The van der Waals surface area contributed by atoms with Crippen LogP contribution in [0, 0.1) is 0 Å². The number of ether oxygens (including phenoxy) is 1. The molecule has 5 heteroatoms. The molecule has 0 atom stereocenters. The van der Waals surface area contributed by atoms with Crippen LogP contribution in [0.2, 0.25) is 0 Å². The van der Waals surface area contributed by atoms with Gasteiger partial charge in [-0.1, -0.05) is 37.3 Å². The molecule has 0 spiro atoms. The van der Waals surface area contributed by atoms with E-state index in [9.17, 15) is 9.59 Å². The van der Waals surface area contributed by atoms with Gasteiger partial charge in [-0.05, 0) is 18.2 Å². The average Bonchev–Trinajstić information content (AvgIpc) is 2.68. The lowest BCUT2D eigenvalue weighted by atomic mass is 10.0. The first kappa shape index (κ1) is 17.2. The van der Waals surface area contributed by atoms with E-state index in [2.05, 4.69) is 10.2 Å². The number of hydrogen-bond acceptors (Lipinski definition) is 4. The lowest BCUT2D eigenvalue weighted by molar-refractivity contribution is -0.115. The number of hydrogen-bond donors (Lipinski definition) is 1. The smallest absolute Gasteiger partial charge is 0.224 e. The molecule has 25 heavy (non-hydrogen) atoms. The third-order valence-electron chi connectivity index (χ3n) is 4.24. The summed E-state index contributed by atoms with van der Waals surface area (Å²) in [4.78, 5) is 26.8. The highest BCUT2D eigenvalue weighted by molar-refractivity contribution is 6.10. The lowest BCUT2D eigenvalue weighted by Gasteiger charge is -2.30. The standard InChI is InChI=1S/C20H22N2O3/c1-2-19(23)21-17-14-16(20(24)15-6-4-3-5-7-15)8-9-18(17)22-10-12-25-13-11-22/h3-9,14H,2,10-13H2,1H3,(H,21,23). The molecule has 0 unspecified atom stereocenters. The number of anilines is 2. The van der Waals surface area contributed by atoms with Gasteiger partial charge in [-0.25, -0.2) is 0 Å². The first-order valence-corrected chi connectivity index (χ1v) is 8.55. The highest BCUT2D eigenvalue weighted by Gasteiger charge is 2.18. The molecule has 0 radical (unpaired) electrons. The molecule has 0 aliphatic carbocycles. The van der Waals surface area contributed by atoms with E-state index in [0.29, 0.717) is 36.4 Å². The van der Waals surface area contributed by atoms with Gasteiger partial charge in [0.05, 0.1) is 24.6 Å². The van der Waals surface area contributed by atoms with E-state index in [-0.39, 0.29) is 11.7 Å². The van der Waals surface area contributed by atoms with Gasteiger partial charge in [0.15, 0.2) is 5.78 Å². The number of carbonyl (C=O) groups excluding carboxylic acids is 2. The normalized spacial score (nSPS) is 14.2. The maximum atomic E-state index is 12.7. The molecular weight excluding hydrogens is 316 g/mol. The highest BCUT2D eigenvalue weighted by atomic mass is 16.5. The molecule has 3 rings (SSSR count). The molecule has 1 aliphatic heterocycles. The number of benzene rings is 2. The van der Waals surface area contributed by atoms with Crippen LogP contribution in [0.25, 0.3) is 0 Å². The number of nitrogens with one attached hydrogen (secondary N) is 1. The fourth-order valence-electron chi connectivity index (χ4n) is 2.85. The van der Waals surface area contributed by atoms with E-state index in [0.717, 1.165) is 18.8 Å². The Balaban J connectivity index is 1.94. The van der Waals surface area contributed by atoms with Gasteiger partial charge in [0.25, 0.3) is 0 Å². The van der Waals surface area contributed by atoms with Crippen molar-refractivity contribution in [3.8, 4) is 0 Å². The number of morpholine rings is 1. The summed E-state index contributed by atoms with van der Waals surface area (Å²) in [6.07, 6.45) is 0.388. The van der Waals surface area contributed by atoms with Crippen LogP contribution >= 0.6 is 0 Å². The summed E-state index contributed by atoms with van der Waals surface area (Å²) in [5.74, 6) is -0.125. The predicted octanol–water partition coefficient (Wildman–Crippen LogP) is 3.10. The Kier molecular flexibility index (Phi) is 5.46. The molecule has 0 aromatic heterocycles. The van der Waals surface area contributed by atoms with Gasteiger partial charge in [0.2, 0.25) is 5.91 Å². The third kappa shape index (κ3) is 4.06. The number of carbonyl (C=O) groups is 2. The van der Waals surface area contributed by atoms with Crippen LogP contribution < -0.4 is 10.2 Å². The first-order chi connectivity index (χ1) is 12.2. The molecule has 130 valence electrons. The summed E-state index contributed by atoms with van der Waals surface area (Å²) in [6.45, 7) is 4.66. The maximum absolute atomic E-state index is 12.7. The molecule has 0 bridgehead atoms. The quantitative estimate of drug-likeness (QED) is 0.851. The zero-order chi connectivity index (χ0) is 17.6. The summed E-state index contributed by atoms with van der Waals surface area (Å²) >= 11 is 0. The zero-order valence-corrected chi connectivity index (χ0v) is 14.3. The average molecular weight is 338 g/mol. The minimum Gasteiger partial charge on any atom is -0.378 e. The van der Waals surface area contributed by atoms with E-state index < -0.39 is 0 Å². The Bertz CT molecular complexity index is 753. The van der Waals surface area contributed by atoms with E-state index >= 15 is 0 Å². The van der Waals surface area contributed by atoms with Crippen LogP contribution in [-0.4, -0.2) is 38.0 Å². The topological polar surface area (TPSA) is 58.6 Å². The van der Waals surface area contributed by atoms with Crippen molar-refractivity contribution in [3.63, 3.8) is 0 Å². The molecule has 1 saturated heterocycles. The van der Waals surface area contributed by atoms with Gasteiger partial charge >= 0.3 is 0 Å². The molecule has 1 aliphatic rings. The molecule has 1 amide bonds. The summed E-state index contributed by atoms with van der Waals surface area (Å²) < 4.78 is 5.40. The molecule has 5 nitrogen and oxygen atoms in total. The van der Waals surface area contributed by atoms with Crippen molar-refractivity contribution in [2.24, 2.45) is 0 Å². The second-order valence-electron chi connectivity index (χ2n) is 5.93. The number of nitrogens with zero attached hydrogens (tertiary/aromatic N) is 1. The van der Waals surface area contributed by atoms with Crippen molar-refractivity contribution < 1.29 is 14.3 Å². The molecule has 0 saturated carbocycles. The largest absolute Gasteiger partial charge is 0.378 e. The Morgan fingerprint density at radius 2 is 1.76 bits per heavy atom. The van der Waals surface area contributed by atoms with Crippen LogP contribution in [0.15, 0.2) is 48.5 Å². The fraction of sp³-hybridized carbons (Fsp3) is 0.300. The second-order valence-corrected chi connectivity index (χ2v) is 5.93. The minimum absolute atomic E-state index is 0.0545. The number of rotatable bonds is 5. The van der Waals surface area contributed by atoms with Crippen LogP contribution in [0.3, 0.4) is 0 Å². The van der Waals surface area contributed by atoms with Crippen molar-refractivity contribution in [1.29, 1.82) is 0 Å². The second kappa shape index (κ2) is 7.94. The zero-order valence-electron chi connectivity index (χ0n) is 14.3. The minimum atomic E-state index is -0.0705. The number of amides is 1. The van der Waals surface area contributed by atoms with Gasteiger partial charge in [0.1, 0.15) is 0 Å². The summed E-state index contributed by atoms with van der Waals surface area (Å²) in [7, 11) is 0. The third-order valence-corrected chi connectivity index (χ3v) is 4.24. The Morgan fingerprint density at radius 1 is 1.04 bits per heavy atom. The van der Waals surface area contributed by atoms with Crippen LogP contribution in [0.4, 0.5) is 11.4 Å². The van der Waals surface area contributed by atoms with Crippen molar-refractivity contribution >= 4 is 23.1 Å². The first-order valence-electron chi connectivity index (χ1n) is 8.55. The van der Waals surface area contributed by atoms with Gasteiger partial charge in [-0.3, -0.25) is 9.59 Å². The highest BCUT2D eigenvalue weighted by Crippen LogP contribution is 2.29. The Morgan fingerprint density at radius 3 is 2.44 bits per heavy atom. The summed E-state index contributed by atoms with van der Waals surface area (Å²) in [5, 5.41) is 2.93. The van der Waals surface area contributed by atoms with Crippen molar-refractivity contribution in [1.82, 2.24) is 0 Å². The lowest BCUT2D eigenvalue weighted by Crippen LogP contribution is -2.36. The van der Waals surface area contributed by atoms with Gasteiger partial charge in [-0.2, -0.15) is 0 Å². The monoisotopic (exact) mass is 338 g/mol. The molecule has 1 heterocycles. The van der Waals surface area contributed by atoms with E-state index in [1.807, 2.05) is 37.3 Å². The maximum Gasteiger partial charge on any atom is 0.224 e. The predicted molar refractivity (Wildman–Crippen MR) is 98.3 cm³/mol. The van der Waals surface area contributed by atoms with Gasteiger partial charge in [-0.15, -0.1) is 0 Å². The van der Waals surface area contributed by atoms with Crippen molar-refractivity contribution in [2.75, 3.05) is 36.5 Å². The van der Waals surface area contributed by atoms with Gasteiger partial charge < -0.3 is 15.0 Å². The molecule has 1 N–H and O–H groups in total. The number of ketones is 1. The van der Waals surface area contributed by atoms with Crippen molar-refractivity contribution in [2.45, 2.75) is 13.3 Å². The SMILES string of the molecule is CCC(=O)Nc1cc(C(=O)c2ccccc2)ccc1N1CCOCC1. The van der Waals surface area contributed by atoms with E-state index in [1.165, 1.54) is 0 Å². The van der Waals surface area contributed by atoms with E-state index in [1.54, 1.807) is 18.2 Å². The van der Waals surface area contributed by atoms with Gasteiger partial charge in [0, 0.05) is 30.6 Å². The Labute approximate surface area is 147 Å². The van der Waals surface area contributed by atoms with E-state index in [4.69, 9.17) is 4.74 Å². The van der Waals surface area contributed by atoms with Crippen LogP contribution in [0.5, 0.6) is 0 Å². The van der Waals surface area contributed by atoms with Crippen LogP contribution in [0.1, 0.15) is 29.3 Å². The van der Waals surface area contributed by atoms with Crippen LogP contribution in [-0.2, 0) is 9.53 Å². The molecule has 1 fully saturated rings. The summed E-state index contributed by atoms with van der Waals surface area (Å²) in [5.41, 5.74) is 2.80. The van der Waals surface area contributed by atoms with Crippen molar-refractivity contribution in [3.05, 3.63) is 59.7 Å². The Hall–Kier alpha value is -2.66. The summed E-state index contributed by atoms with van der Waals surface area (Å²) in [6, 6.07) is 14.7. The molecular formula is C20H22N2O3. The molecule has 2 aromatic carbocycles.